The molecular weight excluding hydrogens is 347 g/mol. The number of nitrogens with zero attached hydrogens (tertiary/aromatic N) is 3. The Morgan fingerprint density at radius 3 is 2.46 bits per heavy atom. The first-order chi connectivity index (χ1) is 12.5. The highest BCUT2D eigenvalue weighted by molar-refractivity contribution is 5.34. The zero-order chi connectivity index (χ0) is 18.3. The SMILES string of the molecule is C[C@@H](Oc1ncnn1-c1ccc(F)cc1)[C@@]1(c2ccc(F)cc2F)CO1. The third kappa shape index (κ3) is 2.82. The van der Waals surface area contributed by atoms with Crippen molar-refractivity contribution in [2.24, 2.45) is 0 Å². The summed E-state index contributed by atoms with van der Waals surface area (Å²) in [4.78, 5) is 4.05. The van der Waals surface area contributed by atoms with Crippen LogP contribution in [-0.4, -0.2) is 27.5 Å². The molecule has 3 aromatic rings. The van der Waals surface area contributed by atoms with Gasteiger partial charge in [0, 0.05) is 11.6 Å². The maximum atomic E-state index is 14.2. The highest BCUT2D eigenvalue weighted by Gasteiger charge is 2.54. The zero-order valence-corrected chi connectivity index (χ0v) is 13.7. The molecule has 2 aromatic carbocycles. The van der Waals surface area contributed by atoms with Gasteiger partial charge in [0.15, 0.2) is 5.60 Å². The summed E-state index contributed by atoms with van der Waals surface area (Å²) >= 11 is 0. The van der Waals surface area contributed by atoms with Gasteiger partial charge in [-0.1, -0.05) is 6.07 Å². The van der Waals surface area contributed by atoms with E-state index in [1.165, 1.54) is 47.4 Å². The summed E-state index contributed by atoms with van der Waals surface area (Å²) in [6, 6.07) is 9.15. The second kappa shape index (κ2) is 6.14. The molecule has 8 heteroatoms. The van der Waals surface area contributed by atoms with Crippen LogP contribution >= 0.6 is 0 Å². The molecule has 1 aromatic heterocycles. The van der Waals surface area contributed by atoms with Crippen molar-refractivity contribution in [3.05, 3.63) is 71.8 Å². The molecule has 2 heterocycles. The summed E-state index contributed by atoms with van der Waals surface area (Å²) in [5.41, 5.74) is -0.235. The van der Waals surface area contributed by atoms with E-state index >= 15 is 0 Å². The average Bonchev–Trinajstić information content (AvgIpc) is 3.29. The molecule has 26 heavy (non-hydrogen) atoms. The van der Waals surface area contributed by atoms with Crippen molar-refractivity contribution in [3.63, 3.8) is 0 Å². The highest BCUT2D eigenvalue weighted by atomic mass is 19.1. The topological polar surface area (TPSA) is 52.5 Å². The largest absolute Gasteiger partial charge is 0.457 e. The van der Waals surface area contributed by atoms with E-state index in [0.29, 0.717) is 5.69 Å². The molecule has 0 N–H and O–H groups in total. The minimum atomic E-state index is -1.02. The van der Waals surface area contributed by atoms with Crippen LogP contribution in [0, 0.1) is 17.5 Å². The molecule has 0 bridgehead atoms. The normalized spacial score (nSPS) is 20.0. The minimum absolute atomic E-state index is 0.154. The van der Waals surface area contributed by atoms with Gasteiger partial charge in [-0.25, -0.2) is 13.2 Å². The average molecular weight is 361 g/mol. The van der Waals surface area contributed by atoms with Crippen molar-refractivity contribution in [2.45, 2.75) is 18.6 Å². The van der Waals surface area contributed by atoms with E-state index in [0.717, 1.165) is 6.07 Å². The van der Waals surface area contributed by atoms with E-state index in [1.807, 2.05) is 0 Å². The van der Waals surface area contributed by atoms with Crippen LogP contribution in [0.3, 0.4) is 0 Å². The third-order valence-electron chi connectivity index (χ3n) is 4.37. The van der Waals surface area contributed by atoms with Gasteiger partial charge in [0.05, 0.1) is 12.3 Å². The van der Waals surface area contributed by atoms with Crippen molar-refractivity contribution >= 4 is 0 Å². The van der Waals surface area contributed by atoms with Crippen LogP contribution in [0.2, 0.25) is 0 Å². The number of ether oxygens (including phenoxy) is 2. The Morgan fingerprint density at radius 1 is 1.12 bits per heavy atom. The molecule has 1 saturated heterocycles. The fraction of sp³-hybridized carbons (Fsp3) is 0.222. The molecule has 134 valence electrons. The van der Waals surface area contributed by atoms with E-state index in [9.17, 15) is 13.2 Å². The van der Waals surface area contributed by atoms with Gasteiger partial charge in [0.25, 0.3) is 0 Å². The van der Waals surface area contributed by atoms with Crippen molar-refractivity contribution in [3.8, 4) is 11.7 Å². The summed E-state index contributed by atoms with van der Waals surface area (Å²) in [5.74, 6) is -1.73. The molecule has 0 spiro atoms. The van der Waals surface area contributed by atoms with Gasteiger partial charge in [0.2, 0.25) is 0 Å². The van der Waals surface area contributed by atoms with Gasteiger partial charge in [-0.15, -0.1) is 0 Å². The first-order valence-electron chi connectivity index (χ1n) is 7.92. The maximum Gasteiger partial charge on any atom is 0.320 e. The quantitative estimate of drug-likeness (QED) is 0.654. The van der Waals surface area contributed by atoms with Crippen LogP contribution in [0.25, 0.3) is 5.69 Å². The Morgan fingerprint density at radius 2 is 1.81 bits per heavy atom. The summed E-state index contributed by atoms with van der Waals surface area (Å²) in [6.07, 6.45) is 0.676. The predicted molar refractivity (Wildman–Crippen MR) is 85.4 cm³/mol. The molecule has 0 radical (unpaired) electrons. The van der Waals surface area contributed by atoms with E-state index in [-0.39, 0.29) is 24.0 Å². The van der Waals surface area contributed by atoms with Crippen LogP contribution in [0.4, 0.5) is 13.2 Å². The molecule has 1 aliphatic heterocycles. The van der Waals surface area contributed by atoms with Crippen molar-refractivity contribution in [1.82, 2.24) is 14.8 Å². The Kier molecular flexibility index (Phi) is 3.91. The lowest BCUT2D eigenvalue weighted by Crippen LogP contribution is -2.32. The third-order valence-corrected chi connectivity index (χ3v) is 4.37. The van der Waals surface area contributed by atoms with Crippen LogP contribution in [0.1, 0.15) is 12.5 Å². The number of benzene rings is 2. The van der Waals surface area contributed by atoms with Crippen molar-refractivity contribution < 1.29 is 22.6 Å². The minimum Gasteiger partial charge on any atom is -0.457 e. The van der Waals surface area contributed by atoms with Gasteiger partial charge in [-0.3, -0.25) is 0 Å². The lowest BCUT2D eigenvalue weighted by molar-refractivity contribution is 0.0955. The summed E-state index contributed by atoms with van der Waals surface area (Å²) in [7, 11) is 0. The van der Waals surface area contributed by atoms with E-state index in [1.54, 1.807) is 6.92 Å². The van der Waals surface area contributed by atoms with E-state index < -0.39 is 23.3 Å². The first kappa shape index (κ1) is 16.6. The van der Waals surface area contributed by atoms with Gasteiger partial charge in [-0.2, -0.15) is 14.8 Å². The fourth-order valence-electron chi connectivity index (χ4n) is 2.84. The Labute approximate surface area is 147 Å². The molecule has 4 rings (SSSR count). The molecule has 1 aliphatic rings. The fourth-order valence-corrected chi connectivity index (χ4v) is 2.84. The van der Waals surface area contributed by atoms with Crippen LogP contribution in [-0.2, 0) is 10.3 Å². The molecule has 1 fully saturated rings. The number of halogens is 3. The summed E-state index contributed by atoms with van der Waals surface area (Å²) in [6.45, 7) is 1.95. The van der Waals surface area contributed by atoms with Gasteiger partial charge >= 0.3 is 6.01 Å². The second-order valence-corrected chi connectivity index (χ2v) is 5.99. The standard InChI is InChI=1S/C18H14F3N3O2/c1-11(18(9-25-18)15-7-4-13(20)8-16(15)21)26-17-22-10-23-24(17)14-5-2-12(19)3-6-14/h2-8,10-11H,9H2,1H3/t11-,18-/m1/s1. The molecule has 0 unspecified atom stereocenters. The lowest BCUT2D eigenvalue weighted by Gasteiger charge is -2.22. The summed E-state index contributed by atoms with van der Waals surface area (Å²) < 4.78 is 53.2. The molecule has 5 nitrogen and oxygen atoms in total. The molecule has 0 amide bonds. The highest BCUT2D eigenvalue weighted by Crippen LogP contribution is 2.44. The van der Waals surface area contributed by atoms with Crippen LogP contribution < -0.4 is 4.74 Å². The molecule has 2 atom stereocenters. The Hall–Kier alpha value is -2.87. The zero-order valence-electron chi connectivity index (χ0n) is 13.7. The van der Waals surface area contributed by atoms with E-state index in [2.05, 4.69) is 10.1 Å². The lowest BCUT2D eigenvalue weighted by atomic mass is 9.94. The van der Waals surface area contributed by atoms with Gasteiger partial charge in [0.1, 0.15) is 29.9 Å². The van der Waals surface area contributed by atoms with Gasteiger partial charge in [-0.05, 0) is 37.3 Å². The van der Waals surface area contributed by atoms with E-state index in [4.69, 9.17) is 9.47 Å². The molecule has 0 saturated carbocycles. The Bertz CT molecular complexity index is 939. The predicted octanol–water partition coefficient (Wildman–Crippen LogP) is 3.38. The monoisotopic (exact) mass is 361 g/mol. The number of aromatic nitrogens is 3. The van der Waals surface area contributed by atoms with Crippen molar-refractivity contribution in [1.29, 1.82) is 0 Å². The number of hydrogen-bond donors (Lipinski definition) is 0. The second-order valence-electron chi connectivity index (χ2n) is 5.99. The summed E-state index contributed by atoms with van der Waals surface area (Å²) in [5, 5.41) is 4.07. The molecular formula is C18H14F3N3O2. The molecule has 0 aliphatic carbocycles. The first-order valence-corrected chi connectivity index (χ1v) is 7.92. The number of epoxide rings is 1. The van der Waals surface area contributed by atoms with Crippen LogP contribution in [0.5, 0.6) is 6.01 Å². The number of hydrogen-bond acceptors (Lipinski definition) is 4. The van der Waals surface area contributed by atoms with Crippen molar-refractivity contribution in [2.75, 3.05) is 6.61 Å². The maximum absolute atomic E-state index is 14.2. The Balaban J connectivity index is 1.60. The van der Waals surface area contributed by atoms with Gasteiger partial charge < -0.3 is 9.47 Å². The van der Waals surface area contributed by atoms with Crippen LogP contribution in [0.15, 0.2) is 48.8 Å². The smallest absolute Gasteiger partial charge is 0.320 e. The number of rotatable bonds is 5.